The Balaban J connectivity index is 1.39. The fourth-order valence-electron chi connectivity index (χ4n) is 4.25. The van der Waals surface area contributed by atoms with Crippen LogP contribution in [-0.2, 0) is 13.0 Å². The van der Waals surface area contributed by atoms with E-state index in [1.807, 2.05) is 35.2 Å². The van der Waals surface area contributed by atoms with Gasteiger partial charge in [0.2, 0.25) is 0 Å². The van der Waals surface area contributed by atoms with Gasteiger partial charge in [0.05, 0.1) is 6.54 Å². The van der Waals surface area contributed by atoms with Crippen LogP contribution in [0.5, 0.6) is 0 Å². The maximum Gasteiger partial charge on any atom is 0.274 e. The van der Waals surface area contributed by atoms with Gasteiger partial charge < -0.3 is 14.8 Å². The van der Waals surface area contributed by atoms with Crippen molar-refractivity contribution in [2.75, 3.05) is 19.6 Å². The number of aromatic amines is 2. The summed E-state index contributed by atoms with van der Waals surface area (Å²) in [5.41, 5.74) is 3.85. The van der Waals surface area contributed by atoms with Crippen LogP contribution in [-0.4, -0.2) is 56.4 Å². The zero-order chi connectivity index (χ0) is 19.1. The van der Waals surface area contributed by atoms with E-state index in [1.165, 1.54) is 6.42 Å². The second-order valence-corrected chi connectivity index (χ2v) is 7.63. The lowest BCUT2D eigenvalue weighted by Gasteiger charge is -2.29. The Morgan fingerprint density at radius 1 is 0.964 bits per heavy atom. The van der Waals surface area contributed by atoms with Gasteiger partial charge in [-0.05, 0) is 31.4 Å². The molecule has 2 aromatic heterocycles. The number of hydrogen-bond donors (Lipinski definition) is 2. The number of carbonyl (C=O) groups is 2. The van der Waals surface area contributed by atoms with Crippen LogP contribution < -0.4 is 0 Å². The van der Waals surface area contributed by atoms with Gasteiger partial charge in [0.25, 0.3) is 11.8 Å². The second kappa shape index (κ2) is 6.82. The molecule has 2 aliphatic heterocycles. The third-order valence-electron chi connectivity index (χ3n) is 5.83. The van der Waals surface area contributed by atoms with E-state index in [0.717, 1.165) is 48.1 Å². The summed E-state index contributed by atoms with van der Waals surface area (Å²) < 4.78 is 0. The van der Waals surface area contributed by atoms with Crippen LogP contribution in [0.2, 0.25) is 0 Å². The molecule has 0 bridgehead atoms. The molecule has 0 radical (unpaired) electrons. The Labute approximate surface area is 162 Å². The first kappa shape index (κ1) is 17.0. The fourth-order valence-corrected chi connectivity index (χ4v) is 4.25. The van der Waals surface area contributed by atoms with Gasteiger partial charge in [-0.3, -0.25) is 14.7 Å². The molecule has 7 heteroatoms. The third kappa shape index (κ3) is 2.87. The van der Waals surface area contributed by atoms with Crippen LogP contribution in [0.3, 0.4) is 0 Å². The van der Waals surface area contributed by atoms with Crippen molar-refractivity contribution in [2.24, 2.45) is 0 Å². The molecule has 1 fully saturated rings. The van der Waals surface area contributed by atoms with E-state index in [0.29, 0.717) is 30.9 Å². The van der Waals surface area contributed by atoms with Crippen molar-refractivity contribution in [3.8, 4) is 0 Å². The molecule has 2 aliphatic rings. The maximum atomic E-state index is 13.1. The highest BCUT2D eigenvalue weighted by Gasteiger charge is 2.31. The molecule has 4 heterocycles. The van der Waals surface area contributed by atoms with Crippen molar-refractivity contribution in [3.63, 3.8) is 0 Å². The fraction of sp³-hybridized carbons (Fsp3) is 0.381. The van der Waals surface area contributed by atoms with Crippen molar-refractivity contribution < 1.29 is 9.59 Å². The average Bonchev–Trinajstić information content (AvgIpc) is 3.37. The Hall–Kier alpha value is -3.09. The molecule has 0 atom stereocenters. The highest BCUT2D eigenvalue weighted by molar-refractivity contribution is 5.98. The Morgan fingerprint density at radius 2 is 1.79 bits per heavy atom. The Kier molecular flexibility index (Phi) is 4.15. The number of amides is 2. The molecule has 0 aliphatic carbocycles. The van der Waals surface area contributed by atoms with Crippen LogP contribution >= 0.6 is 0 Å². The number of nitrogens with one attached hydrogen (secondary N) is 2. The predicted octanol–water partition coefficient (Wildman–Crippen LogP) is 2.72. The second-order valence-electron chi connectivity index (χ2n) is 7.63. The van der Waals surface area contributed by atoms with E-state index < -0.39 is 0 Å². The van der Waals surface area contributed by atoms with E-state index in [4.69, 9.17) is 0 Å². The molecular formula is C21H23N5O2. The Bertz CT molecular complexity index is 1010. The minimum Gasteiger partial charge on any atom is -0.351 e. The van der Waals surface area contributed by atoms with Crippen molar-refractivity contribution in [1.29, 1.82) is 0 Å². The molecule has 0 saturated carbocycles. The lowest BCUT2D eigenvalue weighted by molar-refractivity contribution is 0.0695. The van der Waals surface area contributed by atoms with Crippen LogP contribution in [0, 0.1) is 0 Å². The first-order chi connectivity index (χ1) is 13.7. The molecule has 2 amide bonds. The quantitative estimate of drug-likeness (QED) is 0.720. The van der Waals surface area contributed by atoms with Crippen molar-refractivity contribution in [1.82, 2.24) is 25.0 Å². The number of para-hydroxylation sites is 1. The zero-order valence-corrected chi connectivity index (χ0v) is 15.7. The average molecular weight is 377 g/mol. The maximum absolute atomic E-state index is 13.1. The third-order valence-corrected chi connectivity index (χ3v) is 5.83. The topological polar surface area (TPSA) is 85.1 Å². The van der Waals surface area contributed by atoms with Crippen molar-refractivity contribution in [3.05, 3.63) is 53.0 Å². The molecule has 144 valence electrons. The minimum atomic E-state index is -0.0422. The van der Waals surface area contributed by atoms with Gasteiger partial charge in [-0.25, -0.2) is 0 Å². The van der Waals surface area contributed by atoms with E-state index in [9.17, 15) is 9.59 Å². The summed E-state index contributed by atoms with van der Waals surface area (Å²) in [7, 11) is 0. The normalized spacial score (nSPS) is 17.0. The largest absolute Gasteiger partial charge is 0.351 e. The van der Waals surface area contributed by atoms with E-state index in [2.05, 4.69) is 15.2 Å². The number of likely N-dealkylation sites (tertiary alicyclic amines) is 1. The predicted molar refractivity (Wildman–Crippen MR) is 105 cm³/mol. The first-order valence-corrected chi connectivity index (χ1v) is 9.93. The van der Waals surface area contributed by atoms with E-state index in [-0.39, 0.29) is 11.8 Å². The van der Waals surface area contributed by atoms with Gasteiger partial charge in [0.1, 0.15) is 5.69 Å². The van der Waals surface area contributed by atoms with Gasteiger partial charge in [0, 0.05) is 48.2 Å². The van der Waals surface area contributed by atoms with Crippen LogP contribution in [0.25, 0.3) is 10.9 Å². The van der Waals surface area contributed by atoms with Crippen LogP contribution in [0.4, 0.5) is 0 Å². The number of carbonyl (C=O) groups excluding carboxylic acids is 2. The molecule has 28 heavy (non-hydrogen) atoms. The lowest BCUT2D eigenvalue weighted by atomic mass is 10.0. The van der Waals surface area contributed by atoms with Gasteiger partial charge in [0.15, 0.2) is 5.69 Å². The number of nitrogens with zero attached hydrogens (tertiary/aromatic N) is 3. The van der Waals surface area contributed by atoms with Crippen LogP contribution in [0.15, 0.2) is 30.3 Å². The standard InChI is InChI=1S/C21H23N5O2/c27-20(18-12-14-6-2-3-7-16(14)22-18)26-11-8-17-15(13-26)19(24-23-17)21(28)25-9-4-1-5-10-25/h2-3,6-7,12,22H,1,4-5,8-11,13H2,(H,23,24). The minimum absolute atomic E-state index is 0.0166. The van der Waals surface area contributed by atoms with Gasteiger partial charge in [-0.2, -0.15) is 5.10 Å². The van der Waals surface area contributed by atoms with Gasteiger partial charge in [-0.1, -0.05) is 18.2 Å². The number of H-pyrrole nitrogens is 2. The van der Waals surface area contributed by atoms with Gasteiger partial charge >= 0.3 is 0 Å². The molecule has 3 aromatic rings. The SMILES string of the molecule is O=C(c1cc2ccccc2[nH]1)N1CCc2[nH]nc(C(=O)N3CCCCC3)c2C1. The molecule has 0 unspecified atom stereocenters. The first-order valence-electron chi connectivity index (χ1n) is 9.93. The summed E-state index contributed by atoms with van der Waals surface area (Å²) in [6, 6.07) is 9.75. The molecule has 0 spiro atoms. The van der Waals surface area contributed by atoms with Crippen LogP contribution in [0.1, 0.15) is 51.5 Å². The molecule has 5 rings (SSSR count). The zero-order valence-electron chi connectivity index (χ0n) is 15.7. The summed E-state index contributed by atoms with van der Waals surface area (Å²) in [6.07, 6.45) is 3.95. The summed E-state index contributed by atoms with van der Waals surface area (Å²) in [4.78, 5) is 32.9. The van der Waals surface area contributed by atoms with Gasteiger partial charge in [-0.15, -0.1) is 0 Å². The summed E-state index contributed by atoms with van der Waals surface area (Å²) >= 11 is 0. The monoisotopic (exact) mass is 377 g/mol. The molecular weight excluding hydrogens is 354 g/mol. The van der Waals surface area contributed by atoms with E-state index >= 15 is 0 Å². The smallest absolute Gasteiger partial charge is 0.274 e. The highest BCUT2D eigenvalue weighted by atomic mass is 16.2. The number of aromatic nitrogens is 3. The molecule has 7 nitrogen and oxygen atoms in total. The summed E-state index contributed by atoms with van der Waals surface area (Å²) in [5, 5.41) is 8.36. The number of hydrogen-bond acceptors (Lipinski definition) is 3. The number of benzene rings is 1. The summed E-state index contributed by atoms with van der Waals surface area (Å²) in [5.74, 6) is -0.0588. The summed E-state index contributed by atoms with van der Waals surface area (Å²) in [6.45, 7) is 2.60. The number of piperidine rings is 1. The molecule has 1 aromatic carbocycles. The van der Waals surface area contributed by atoms with Crippen molar-refractivity contribution >= 4 is 22.7 Å². The Morgan fingerprint density at radius 3 is 2.61 bits per heavy atom. The van der Waals surface area contributed by atoms with Crippen molar-refractivity contribution in [2.45, 2.75) is 32.2 Å². The lowest BCUT2D eigenvalue weighted by Crippen LogP contribution is -2.39. The molecule has 2 N–H and O–H groups in total. The molecule has 1 saturated heterocycles. The number of rotatable bonds is 2. The highest BCUT2D eigenvalue weighted by Crippen LogP contribution is 2.25. The van der Waals surface area contributed by atoms with E-state index in [1.54, 1.807) is 4.90 Å². The number of fused-ring (bicyclic) bond motifs is 2.